The van der Waals surface area contributed by atoms with Gasteiger partial charge in [-0.15, -0.1) is 0 Å². The highest BCUT2D eigenvalue weighted by molar-refractivity contribution is 6.31. The van der Waals surface area contributed by atoms with E-state index in [9.17, 15) is 9.18 Å². The summed E-state index contributed by atoms with van der Waals surface area (Å²) in [6, 6.07) is 3.94. The Morgan fingerprint density at radius 1 is 1.67 bits per heavy atom. The van der Waals surface area contributed by atoms with Crippen LogP contribution in [0.2, 0.25) is 5.02 Å². The monoisotopic (exact) mass is 227 g/mol. The molecule has 0 saturated heterocycles. The first-order valence-electron chi connectivity index (χ1n) is 4.03. The van der Waals surface area contributed by atoms with E-state index in [1.165, 1.54) is 7.11 Å². The highest BCUT2D eigenvalue weighted by Crippen LogP contribution is 2.21. The van der Waals surface area contributed by atoms with Crippen LogP contribution in [0.1, 0.15) is 11.1 Å². The second kappa shape index (κ2) is 4.76. The molecule has 15 heavy (non-hydrogen) atoms. The minimum atomic E-state index is -0.585. The predicted octanol–water partition coefficient (Wildman–Crippen LogP) is 2.07. The van der Waals surface area contributed by atoms with Gasteiger partial charge in [-0.3, -0.25) is 4.79 Å². The van der Waals surface area contributed by atoms with Crippen LogP contribution in [0.5, 0.6) is 0 Å². The second-order valence-electron chi connectivity index (χ2n) is 2.79. The number of rotatable bonds is 2. The first-order chi connectivity index (χ1) is 7.08. The Bertz CT molecular complexity index is 440. The molecule has 0 bridgehead atoms. The van der Waals surface area contributed by atoms with Gasteiger partial charge >= 0.3 is 5.97 Å². The number of ether oxygens (including phenoxy) is 1. The lowest BCUT2D eigenvalue weighted by atomic mass is 10.1. The number of benzene rings is 1. The zero-order chi connectivity index (χ0) is 11.4. The molecular formula is C10H7ClFNO2. The van der Waals surface area contributed by atoms with Crippen LogP contribution in [0.25, 0.3) is 0 Å². The number of nitriles is 1. The maximum atomic E-state index is 13.0. The van der Waals surface area contributed by atoms with Gasteiger partial charge in [-0.1, -0.05) is 11.6 Å². The van der Waals surface area contributed by atoms with Gasteiger partial charge in [-0.25, -0.2) is 4.39 Å². The van der Waals surface area contributed by atoms with Gasteiger partial charge in [0.1, 0.15) is 11.9 Å². The maximum Gasteiger partial charge on any atom is 0.310 e. The van der Waals surface area contributed by atoms with Crippen molar-refractivity contribution < 1.29 is 13.9 Å². The first-order valence-corrected chi connectivity index (χ1v) is 4.41. The van der Waals surface area contributed by atoms with Crippen LogP contribution in [0, 0.1) is 17.1 Å². The van der Waals surface area contributed by atoms with E-state index in [0.29, 0.717) is 0 Å². The van der Waals surface area contributed by atoms with Crippen molar-refractivity contribution >= 4 is 17.6 Å². The van der Waals surface area contributed by atoms with Crippen LogP contribution in [0.3, 0.4) is 0 Å². The van der Waals surface area contributed by atoms with Crippen LogP contribution >= 0.6 is 11.6 Å². The van der Waals surface area contributed by atoms with Crippen molar-refractivity contribution in [2.45, 2.75) is 6.42 Å². The quantitative estimate of drug-likeness (QED) is 0.727. The number of carbonyl (C=O) groups is 1. The molecule has 0 aliphatic heterocycles. The highest BCUT2D eigenvalue weighted by Gasteiger charge is 2.13. The van der Waals surface area contributed by atoms with E-state index in [-0.39, 0.29) is 22.6 Å². The third kappa shape index (κ3) is 2.67. The Kier molecular flexibility index (Phi) is 3.64. The Morgan fingerprint density at radius 2 is 2.33 bits per heavy atom. The Morgan fingerprint density at radius 3 is 2.87 bits per heavy atom. The van der Waals surface area contributed by atoms with E-state index in [4.69, 9.17) is 16.9 Å². The number of methoxy groups -OCH3 is 1. The van der Waals surface area contributed by atoms with E-state index in [0.717, 1.165) is 12.1 Å². The molecule has 0 radical (unpaired) electrons. The maximum absolute atomic E-state index is 13.0. The Hall–Kier alpha value is -1.60. The molecule has 0 spiro atoms. The molecule has 0 N–H and O–H groups in total. The van der Waals surface area contributed by atoms with Crippen molar-refractivity contribution in [1.29, 1.82) is 5.26 Å². The van der Waals surface area contributed by atoms with E-state index in [1.54, 1.807) is 0 Å². The molecule has 0 aliphatic rings. The summed E-state index contributed by atoms with van der Waals surface area (Å²) in [5.74, 6) is -1.13. The molecule has 78 valence electrons. The summed E-state index contributed by atoms with van der Waals surface area (Å²) in [7, 11) is 1.22. The molecule has 1 rings (SSSR count). The van der Waals surface area contributed by atoms with Gasteiger partial charge in [0.15, 0.2) is 0 Å². The smallest absolute Gasteiger partial charge is 0.310 e. The highest BCUT2D eigenvalue weighted by atomic mass is 35.5. The summed E-state index contributed by atoms with van der Waals surface area (Å²) in [5.41, 5.74) is 0.331. The fourth-order valence-corrected chi connectivity index (χ4v) is 1.39. The molecule has 0 aliphatic carbocycles. The third-order valence-electron chi connectivity index (χ3n) is 1.81. The largest absolute Gasteiger partial charge is 0.469 e. The van der Waals surface area contributed by atoms with Gasteiger partial charge < -0.3 is 4.74 Å². The van der Waals surface area contributed by atoms with E-state index >= 15 is 0 Å². The van der Waals surface area contributed by atoms with Crippen molar-refractivity contribution in [3.05, 3.63) is 34.1 Å². The molecule has 0 saturated carbocycles. The van der Waals surface area contributed by atoms with Crippen LogP contribution in [0.15, 0.2) is 12.1 Å². The van der Waals surface area contributed by atoms with Crippen LogP contribution in [0.4, 0.5) is 4.39 Å². The molecule has 0 fully saturated rings. The standard InChI is InChI=1S/C10H7ClFNO2/c1-15-10(14)3-6-2-7(12)4-9(11)8(6)5-13/h2,4H,3H2,1H3. The summed E-state index contributed by atoms with van der Waals surface area (Å²) in [5, 5.41) is 8.76. The van der Waals surface area contributed by atoms with E-state index in [1.807, 2.05) is 6.07 Å². The lowest BCUT2D eigenvalue weighted by molar-refractivity contribution is -0.139. The Balaban J connectivity index is 3.16. The van der Waals surface area contributed by atoms with E-state index in [2.05, 4.69) is 4.74 Å². The van der Waals surface area contributed by atoms with E-state index < -0.39 is 11.8 Å². The zero-order valence-electron chi connectivity index (χ0n) is 7.88. The van der Waals surface area contributed by atoms with Gasteiger partial charge in [0, 0.05) is 0 Å². The topological polar surface area (TPSA) is 50.1 Å². The number of halogens is 2. The SMILES string of the molecule is COC(=O)Cc1cc(F)cc(Cl)c1C#N. The van der Waals surface area contributed by atoms with Crippen molar-refractivity contribution in [2.24, 2.45) is 0 Å². The van der Waals surface area contributed by atoms with Gasteiger partial charge in [0.05, 0.1) is 24.1 Å². The molecule has 5 heteroatoms. The predicted molar refractivity (Wildman–Crippen MR) is 51.8 cm³/mol. The molecule has 0 amide bonds. The summed E-state index contributed by atoms with van der Waals surface area (Å²) >= 11 is 5.65. The average Bonchev–Trinajstić information content (AvgIpc) is 2.17. The number of nitrogens with zero attached hydrogens (tertiary/aromatic N) is 1. The number of esters is 1. The minimum Gasteiger partial charge on any atom is -0.469 e. The third-order valence-corrected chi connectivity index (χ3v) is 2.11. The van der Waals surface area contributed by atoms with Crippen LogP contribution in [-0.2, 0) is 16.0 Å². The van der Waals surface area contributed by atoms with Crippen molar-refractivity contribution in [2.75, 3.05) is 7.11 Å². The minimum absolute atomic E-state index is 0.00333. The normalized spacial score (nSPS) is 9.47. The number of hydrogen-bond acceptors (Lipinski definition) is 3. The molecule has 1 aromatic carbocycles. The Labute approximate surface area is 91.0 Å². The van der Waals surface area contributed by atoms with Gasteiger partial charge in [-0.05, 0) is 17.7 Å². The lowest BCUT2D eigenvalue weighted by Crippen LogP contribution is -2.06. The molecule has 0 aromatic heterocycles. The molecule has 0 unspecified atom stereocenters. The fourth-order valence-electron chi connectivity index (χ4n) is 1.12. The van der Waals surface area contributed by atoms with Crippen LogP contribution < -0.4 is 0 Å². The van der Waals surface area contributed by atoms with Gasteiger partial charge in [0.25, 0.3) is 0 Å². The lowest BCUT2D eigenvalue weighted by Gasteiger charge is -2.04. The van der Waals surface area contributed by atoms with Crippen molar-refractivity contribution in [3.63, 3.8) is 0 Å². The average molecular weight is 228 g/mol. The van der Waals surface area contributed by atoms with Crippen molar-refractivity contribution in [1.82, 2.24) is 0 Å². The number of hydrogen-bond donors (Lipinski definition) is 0. The van der Waals surface area contributed by atoms with Crippen LogP contribution in [-0.4, -0.2) is 13.1 Å². The molecule has 1 aromatic rings. The molecular weight excluding hydrogens is 221 g/mol. The molecule has 0 atom stereocenters. The zero-order valence-corrected chi connectivity index (χ0v) is 8.64. The van der Waals surface area contributed by atoms with Gasteiger partial charge in [0.2, 0.25) is 0 Å². The summed E-state index contributed by atoms with van der Waals surface area (Å²) in [4.78, 5) is 11.0. The summed E-state index contributed by atoms with van der Waals surface area (Å²) < 4.78 is 17.4. The summed E-state index contributed by atoms with van der Waals surface area (Å²) in [6.45, 7) is 0. The molecule has 3 nitrogen and oxygen atoms in total. The molecule has 0 heterocycles. The van der Waals surface area contributed by atoms with Gasteiger partial charge in [-0.2, -0.15) is 5.26 Å². The summed E-state index contributed by atoms with van der Waals surface area (Å²) in [6.07, 6.45) is -0.170. The van der Waals surface area contributed by atoms with Crippen molar-refractivity contribution in [3.8, 4) is 6.07 Å². The second-order valence-corrected chi connectivity index (χ2v) is 3.19. The first kappa shape index (κ1) is 11.5. The fraction of sp³-hybridized carbons (Fsp3) is 0.200. The number of carbonyl (C=O) groups excluding carboxylic acids is 1.